The van der Waals surface area contributed by atoms with Crippen molar-refractivity contribution in [3.05, 3.63) is 98.2 Å². The Hall–Kier alpha value is -3.10. The average molecular weight is 504 g/mol. The molecular formula is C27H22ClN3O3S. The number of aromatic nitrogens is 1. The number of hydrogen-bond acceptors (Lipinski definition) is 6. The largest absolute Gasteiger partial charge is 0.503 e. The zero-order chi connectivity index (χ0) is 23.7. The van der Waals surface area contributed by atoms with Crippen LogP contribution in [0.1, 0.15) is 22.9 Å². The molecule has 1 N–H and O–H groups in total. The molecule has 4 aromatic rings. The number of aromatic hydroxyl groups is 1. The topological polar surface area (TPSA) is 57.9 Å². The lowest BCUT2D eigenvalue weighted by Gasteiger charge is -2.52. The molecule has 0 bridgehead atoms. The van der Waals surface area contributed by atoms with Gasteiger partial charge in [-0.15, -0.1) is 11.3 Å². The summed E-state index contributed by atoms with van der Waals surface area (Å²) in [6.07, 6.45) is 1.72. The highest BCUT2D eigenvalue weighted by Gasteiger charge is 2.42. The summed E-state index contributed by atoms with van der Waals surface area (Å²) in [5.41, 5.74) is 5.93. The van der Waals surface area contributed by atoms with E-state index in [0.29, 0.717) is 25.5 Å². The molecule has 2 aliphatic heterocycles. The van der Waals surface area contributed by atoms with Crippen LogP contribution in [0.25, 0.3) is 21.6 Å². The second-order valence-corrected chi connectivity index (χ2v) is 10.8. The second kappa shape index (κ2) is 7.96. The van der Waals surface area contributed by atoms with Crippen molar-refractivity contribution in [3.63, 3.8) is 0 Å². The number of thiophene rings is 1. The SMILES string of the molecule is O=c1ccn2c(c1O)CN1CCOC[C@H]1N2C1c2ccccc2-c2cc(Cl)sc2-c2ccccc21. The fourth-order valence-electron chi connectivity index (χ4n) is 5.74. The number of halogens is 1. The summed E-state index contributed by atoms with van der Waals surface area (Å²) < 4.78 is 8.69. The maximum atomic E-state index is 12.4. The van der Waals surface area contributed by atoms with Crippen LogP contribution >= 0.6 is 22.9 Å². The Morgan fingerprint density at radius 3 is 2.57 bits per heavy atom. The summed E-state index contributed by atoms with van der Waals surface area (Å²) in [7, 11) is 0. The van der Waals surface area contributed by atoms with E-state index in [2.05, 4.69) is 64.5 Å². The molecule has 0 spiro atoms. The van der Waals surface area contributed by atoms with Gasteiger partial charge in [0.2, 0.25) is 5.43 Å². The lowest BCUT2D eigenvalue weighted by Crippen LogP contribution is -2.63. The van der Waals surface area contributed by atoms with Gasteiger partial charge in [-0.25, -0.2) is 0 Å². The molecule has 1 saturated heterocycles. The first kappa shape index (κ1) is 21.2. The lowest BCUT2D eigenvalue weighted by molar-refractivity contribution is -0.0360. The molecule has 176 valence electrons. The summed E-state index contributed by atoms with van der Waals surface area (Å²) in [5.74, 6) is -0.191. The van der Waals surface area contributed by atoms with Gasteiger partial charge in [0.15, 0.2) is 5.75 Å². The Kier molecular flexibility index (Phi) is 4.82. The minimum atomic E-state index is -0.360. The second-order valence-electron chi connectivity index (χ2n) is 9.10. The van der Waals surface area contributed by atoms with Crippen LogP contribution in [0.3, 0.4) is 0 Å². The fraction of sp³-hybridized carbons (Fsp3) is 0.222. The van der Waals surface area contributed by atoms with Crippen molar-refractivity contribution in [1.29, 1.82) is 0 Å². The molecule has 35 heavy (non-hydrogen) atoms. The molecule has 2 aromatic carbocycles. The molecule has 0 radical (unpaired) electrons. The van der Waals surface area contributed by atoms with Crippen molar-refractivity contribution in [1.82, 2.24) is 9.58 Å². The van der Waals surface area contributed by atoms with Crippen molar-refractivity contribution >= 4 is 22.9 Å². The van der Waals surface area contributed by atoms with Crippen LogP contribution in [-0.2, 0) is 11.3 Å². The van der Waals surface area contributed by atoms with Crippen LogP contribution in [0.15, 0.2) is 71.7 Å². The van der Waals surface area contributed by atoms with Crippen molar-refractivity contribution in [2.45, 2.75) is 18.8 Å². The third kappa shape index (κ3) is 3.12. The van der Waals surface area contributed by atoms with Crippen molar-refractivity contribution in [2.75, 3.05) is 24.8 Å². The van der Waals surface area contributed by atoms with E-state index >= 15 is 0 Å². The summed E-state index contributed by atoms with van der Waals surface area (Å²) >= 11 is 8.13. The smallest absolute Gasteiger partial charge is 0.223 e. The first-order chi connectivity index (χ1) is 17.1. The summed E-state index contributed by atoms with van der Waals surface area (Å²) in [6, 6.07) is 20.2. The normalized spacial score (nSPS) is 20.8. The predicted octanol–water partition coefficient (Wildman–Crippen LogP) is 4.82. The molecule has 3 aliphatic rings. The van der Waals surface area contributed by atoms with Crippen molar-refractivity contribution in [2.24, 2.45) is 0 Å². The first-order valence-electron chi connectivity index (χ1n) is 11.6. The summed E-state index contributed by atoms with van der Waals surface area (Å²) in [5, 5.41) is 13.1. The number of rotatable bonds is 1. The number of pyridine rings is 1. The van der Waals surface area contributed by atoms with E-state index in [1.54, 1.807) is 17.5 Å². The van der Waals surface area contributed by atoms with Crippen molar-refractivity contribution in [3.8, 4) is 27.3 Å². The van der Waals surface area contributed by atoms with Gasteiger partial charge in [-0.1, -0.05) is 60.1 Å². The van der Waals surface area contributed by atoms with Crippen LogP contribution in [0, 0.1) is 0 Å². The molecule has 7 rings (SSSR count). The Morgan fingerprint density at radius 2 is 1.74 bits per heavy atom. The van der Waals surface area contributed by atoms with Gasteiger partial charge in [0.1, 0.15) is 6.17 Å². The van der Waals surface area contributed by atoms with Crippen LogP contribution in [0.5, 0.6) is 5.75 Å². The predicted molar refractivity (Wildman–Crippen MR) is 138 cm³/mol. The van der Waals surface area contributed by atoms with E-state index < -0.39 is 0 Å². The van der Waals surface area contributed by atoms with Gasteiger partial charge in [-0.2, -0.15) is 0 Å². The number of ether oxygens (including phenoxy) is 1. The van der Waals surface area contributed by atoms with E-state index in [1.165, 1.54) is 6.07 Å². The minimum Gasteiger partial charge on any atom is -0.503 e. The van der Waals surface area contributed by atoms with Crippen molar-refractivity contribution < 1.29 is 9.84 Å². The molecule has 1 fully saturated rings. The molecule has 6 nitrogen and oxygen atoms in total. The van der Waals surface area contributed by atoms with Gasteiger partial charge in [0, 0.05) is 35.8 Å². The van der Waals surface area contributed by atoms with Crippen LogP contribution in [-0.4, -0.2) is 40.6 Å². The molecule has 4 heterocycles. The molecular weight excluding hydrogens is 482 g/mol. The lowest BCUT2D eigenvalue weighted by atomic mass is 9.92. The average Bonchev–Trinajstić information content (AvgIpc) is 3.23. The van der Waals surface area contributed by atoms with Gasteiger partial charge in [0.25, 0.3) is 0 Å². The highest BCUT2D eigenvalue weighted by molar-refractivity contribution is 7.20. The Balaban J connectivity index is 1.55. The van der Waals surface area contributed by atoms with Crippen LogP contribution < -0.4 is 10.4 Å². The fourth-order valence-corrected chi connectivity index (χ4v) is 7.03. The zero-order valence-corrected chi connectivity index (χ0v) is 20.3. The third-order valence-electron chi connectivity index (χ3n) is 7.28. The highest BCUT2D eigenvalue weighted by Crippen LogP contribution is 2.51. The number of hydrogen-bond donors (Lipinski definition) is 1. The number of benzene rings is 2. The Bertz CT molecular complexity index is 1470. The maximum Gasteiger partial charge on any atom is 0.223 e. The maximum absolute atomic E-state index is 12.4. The monoisotopic (exact) mass is 503 g/mol. The molecule has 8 heteroatoms. The third-order valence-corrected chi connectivity index (χ3v) is 8.58. The highest BCUT2D eigenvalue weighted by atomic mass is 35.5. The van der Waals surface area contributed by atoms with E-state index in [4.69, 9.17) is 16.3 Å². The van der Waals surface area contributed by atoms with Gasteiger partial charge in [-0.05, 0) is 28.3 Å². The van der Waals surface area contributed by atoms with Gasteiger partial charge >= 0.3 is 0 Å². The molecule has 2 atom stereocenters. The molecule has 1 aliphatic carbocycles. The molecule has 1 unspecified atom stereocenters. The van der Waals surface area contributed by atoms with Gasteiger partial charge in [0.05, 0.1) is 29.3 Å². The summed E-state index contributed by atoms with van der Waals surface area (Å²) in [6.45, 7) is 2.37. The summed E-state index contributed by atoms with van der Waals surface area (Å²) in [4.78, 5) is 15.8. The number of fused-ring (bicyclic) bond motifs is 7. The van der Waals surface area contributed by atoms with E-state index in [-0.39, 0.29) is 23.4 Å². The number of morpholine rings is 1. The Labute approximate surface area is 211 Å². The standard InChI is InChI=1S/C27H22ClN3O3S/c28-23-13-20-16-5-1-2-6-17(16)25(18-7-3-4-8-19(18)27(20)35-23)31-24-15-34-12-11-29(24)14-21-26(33)22(32)9-10-30(21)31/h1-10,13,24-25,33H,11-12,14-15H2/t24-,25?/m1/s1. The van der Waals surface area contributed by atoms with E-state index in [1.807, 2.05) is 4.68 Å². The number of nitrogens with zero attached hydrogens (tertiary/aromatic N) is 3. The first-order valence-corrected chi connectivity index (χ1v) is 12.8. The van der Waals surface area contributed by atoms with Gasteiger partial charge < -0.3 is 9.84 Å². The molecule has 2 aromatic heterocycles. The molecule has 0 amide bonds. The molecule has 0 saturated carbocycles. The van der Waals surface area contributed by atoms with E-state index in [0.717, 1.165) is 43.6 Å². The minimum absolute atomic E-state index is 0.0658. The van der Waals surface area contributed by atoms with Crippen LogP contribution in [0.4, 0.5) is 0 Å². The van der Waals surface area contributed by atoms with Gasteiger partial charge in [-0.3, -0.25) is 19.4 Å². The quantitative estimate of drug-likeness (QED) is 0.404. The van der Waals surface area contributed by atoms with E-state index in [9.17, 15) is 9.90 Å². The Morgan fingerprint density at radius 1 is 1.00 bits per heavy atom. The zero-order valence-electron chi connectivity index (χ0n) is 18.7. The van der Waals surface area contributed by atoms with Crippen LogP contribution in [0.2, 0.25) is 4.34 Å².